The average Bonchev–Trinajstić information content (AvgIpc) is 3.02. The van der Waals surface area contributed by atoms with E-state index in [-0.39, 0.29) is 22.5 Å². The molecule has 3 aromatic rings. The van der Waals surface area contributed by atoms with Crippen molar-refractivity contribution < 1.29 is 13.2 Å². The Labute approximate surface area is 203 Å². The molecule has 0 unspecified atom stereocenters. The molecule has 0 fully saturated rings. The third-order valence-corrected chi connectivity index (χ3v) is 7.22. The highest BCUT2D eigenvalue weighted by Crippen LogP contribution is 2.42. The van der Waals surface area contributed by atoms with E-state index >= 15 is 0 Å². The summed E-state index contributed by atoms with van der Waals surface area (Å²) in [5, 5.41) is 0.771. The Kier molecular flexibility index (Phi) is 5.21. The number of allylic oxidation sites excluding steroid dienone is 2. The van der Waals surface area contributed by atoms with Crippen molar-refractivity contribution >= 4 is 38.0 Å². The highest BCUT2D eigenvalue weighted by molar-refractivity contribution is 7.89. The molecule has 0 saturated carbocycles. The van der Waals surface area contributed by atoms with Gasteiger partial charge >= 0.3 is 0 Å². The van der Waals surface area contributed by atoms with Gasteiger partial charge in [0.15, 0.2) is 15.6 Å². The number of ketones is 1. The molecule has 1 aromatic carbocycles. The largest absolute Gasteiger partial charge is 0.356 e. The number of benzene rings is 1. The van der Waals surface area contributed by atoms with Crippen LogP contribution >= 0.6 is 0 Å². The molecule has 9 heteroatoms. The van der Waals surface area contributed by atoms with Crippen LogP contribution in [0, 0.1) is 5.41 Å². The van der Waals surface area contributed by atoms with Crippen LogP contribution in [0.25, 0.3) is 22.0 Å². The number of aromatic amines is 2. The Morgan fingerprint density at radius 3 is 2.63 bits per heavy atom. The van der Waals surface area contributed by atoms with Crippen molar-refractivity contribution in [3.63, 3.8) is 0 Å². The molecule has 0 aliphatic carbocycles. The summed E-state index contributed by atoms with van der Waals surface area (Å²) in [7, 11) is -3.40. The number of nitrogens with one attached hydrogen (secondary N) is 2. The second-order valence-electron chi connectivity index (χ2n) is 9.79. The first-order valence-corrected chi connectivity index (χ1v) is 13.3. The number of aromatic nitrogens is 2. The smallest absolute Gasteiger partial charge is 0.272 e. The molecule has 2 aliphatic heterocycles. The van der Waals surface area contributed by atoms with E-state index in [1.807, 2.05) is 23.2 Å². The zero-order valence-corrected chi connectivity index (χ0v) is 20.8. The summed E-state index contributed by atoms with van der Waals surface area (Å²) in [6, 6.07) is 3.51. The van der Waals surface area contributed by atoms with Gasteiger partial charge in [0.2, 0.25) is 0 Å². The normalized spacial score (nSPS) is 16.6. The maximum absolute atomic E-state index is 12.6. The Bertz CT molecular complexity index is 1650. The Hall–Kier alpha value is -3.72. The fourth-order valence-electron chi connectivity index (χ4n) is 4.69. The first-order chi connectivity index (χ1) is 16.4. The minimum Gasteiger partial charge on any atom is -0.356 e. The summed E-state index contributed by atoms with van der Waals surface area (Å²) in [5.41, 5.74) is 3.90. The molecular weight excluding hydrogens is 464 g/mol. The van der Waals surface area contributed by atoms with Crippen molar-refractivity contribution in [3.8, 4) is 11.1 Å². The number of hydrogen-bond donors (Lipinski definition) is 2. The molecule has 4 heterocycles. The van der Waals surface area contributed by atoms with Crippen LogP contribution in [0.15, 0.2) is 58.7 Å². The van der Waals surface area contributed by atoms with E-state index in [1.54, 1.807) is 24.5 Å². The number of pyridine rings is 1. The third kappa shape index (κ3) is 4.16. The minimum atomic E-state index is -3.40. The quantitative estimate of drug-likeness (QED) is 0.537. The number of carbonyl (C=O) groups is 1. The first kappa shape index (κ1) is 23.0. The first-order valence-electron chi connectivity index (χ1n) is 11.2. The van der Waals surface area contributed by atoms with Crippen molar-refractivity contribution in [2.45, 2.75) is 33.1 Å². The highest BCUT2D eigenvalue weighted by Gasteiger charge is 2.29. The summed E-state index contributed by atoms with van der Waals surface area (Å²) in [5.74, 6) is 0.188. The van der Waals surface area contributed by atoms with Crippen molar-refractivity contribution in [1.82, 2.24) is 9.97 Å². The second kappa shape index (κ2) is 7.91. The van der Waals surface area contributed by atoms with Crippen molar-refractivity contribution in [1.29, 1.82) is 0 Å². The number of nitrogens with zero attached hydrogens (tertiary/aromatic N) is 2. The summed E-state index contributed by atoms with van der Waals surface area (Å²) < 4.78 is 24.4. The van der Waals surface area contributed by atoms with Gasteiger partial charge in [0.05, 0.1) is 18.0 Å². The molecule has 8 nitrogen and oxygen atoms in total. The van der Waals surface area contributed by atoms with Crippen LogP contribution in [0.3, 0.4) is 0 Å². The van der Waals surface area contributed by atoms with E-state index in [1.165, 1.54) is 6.92 Å². The Balaban J connectivity index is 1.84. The summed E-state index contributed by atoms with van der Waals surface area (Å²) in [6.45, 7) is 6.00. The maximum Gasteiger partial charge on any atom is 0.272 e. The van der Waals surface area contributed by atoms with Gasteiger partial charge < -0.3 is 14.9 Å². The van der Waals surface area contributed by atoms with Crippen molar-refractivity contribution in [3.05, 3.63) is 76.0 Å². The number of fused-ring (bicyclic) bond motifs is 2. The molecule has 0 atom stereocenters. The average molecular weight is 491 g/mol. The van der Waals surface area contributed by atoms with Crippen LogP contribution in [0.5, 0.6) is 0 Å². The number of aliphatic imine (C=N–C) groups is 1. The third-order valence-electron chi connectivity index (χ3n) is 6.38. The van der Waals surface area contributed by atoms with Crippen LogP contribution in [0.1, 0.15) is 42.3 Å². The van der Waals surface area contributed by atoms with Gasteiger partial charge in [0.1, 0.15) is 11.4 Å². The van der Waals surface area contributed by atoms with Gasteiger partial charge in [-0.3, -0.25) is 9.59 Å². The van der Waals surface area contributed by atoms with Gasteiger partial charge in [-0.05, 0) is 36.3 Å². The van der Waals surface area contributed by atoms with Gasteiger partial charge in [0, 0.05) is 52.3 Å². The zero-order valence-electron chi connectivity index (χ0n) is 20.0. The molecule has 2 aromatic heterocycles. The van der Waals surface area contributed by atoms with Gasteiger partial charge in [-0.25, -0.2) is 13.4 Å². The van der Waals surface area contributed by atoms with E-state index < -0.39 is 9.84 Å². The van der Waals surface area contributed by atoms with E-state index in [2.05, 4.69) is 34.9 Å². The lowest BCUT2D eigenvalue weighted by atomic mass is 9.93. The van der Waals surface area contributed by atoms with E-state index in [9.17, 15) is 18.0 Å². The maximum atomic E-state index is 12.6. The fraction of sp³-hybridized carbons (Fsp3) is 0.269. The van der Waals surface area contributed by atoms with E-state index in [4.69, 9.17) is 0 Å². The van der Waals surface area contributed by atoms with Crippen LogP contribution in [0.4, 0.5) is 5.69 Å². The molecule has 5 rings (SSSR count). The highest BCUT2D eigenvalue weighted by atomic mass is 32.2. The summed E-state index contributed by atoms with van der Waals surface area (Å²) in [4.78, 5) is 37.7. The van der Waals surface area contributed by atoms with E-state index in [0.29, 0.717) is 34.7 Å². The van der Waals surface area contributed by atoms with E-state index in [0.717, 1.165) is 28.3 Å². The van der Waals surface area contributed by atoms with Crippen LogP contribution in [0.2, 0.25) is 0 Å². The lowest BCUT2D eigenvalue weighted by Gasteiger charge is -2.26. The number of H-pyrrole nitrogens is 2. The lowest BCUT2D eigenvalue weighted by Crippen LogP contribution is -2.29. The Morgan fingerprint density at radius 1 is 1.14 bits per heavy atom. The molecule has 0 spiro atoms. The van der Waals surface area contributed by atoms with Crippen molar-refractivity contribution in [2.24, 2.45) is 10.4 Å². The molecule has 180 valence electrons. The minimum absolute atomic E-state index is 0.180. The number of Topliss-reactive ketones (excluding diaryl/α,β-unsaturated/α-hetero) is 1. The number of rotatable bonds is 3. The molecule has 0 radical (unpaired) electrons. The Morgan fingerprint density at radius 2 is 1.91 bits per heavy atom. The zero-order chi connectivity index (χ0) is 25.1. The monoisotopic (exact) mass is 490 g/mol. The molecule has 2 N–H and O–H groups in total. The number of amidine groups is 1. The standard InChI is InChI=1S/C26H26N4O4S/c1-15(31)18-10-21-19(9-16(18)14-35(4,33)34)20-12-29-25(32)24-23(20)17(11-28-24)13-30(21)22-5-6-26(2,3)7-8-27-22/h5-12,28H,13-14H2,1-4H3,(H,29,32). The SMILES string of the molecule is CC(=O)c1cc2c(cc1CS(C)(=O)=O)-c1c[nH]c(=O)c3[nH]cc(c13)CN2C1=NC=CC(C)(C)C=C1. The molecule has 0 saturated heterocycles. The van der Waals surface area contributed by atoms with Crippen LogP contribution in [-0.2, 0) is 22.1 Å². The number of hydrogen-bond acceptors (Lipinski definition) is 6. The second-order valence-corrected chi connectivity index (χ2v) is 11.9. The van der Waals surface area contributed by atoms with Crippen LogP contribution < -0.4 is 10.5 Å². The molecule has 35 heavy (non-hydrogen) atoms. The van der Waals surface area contributed by atoms with Gasteiger partial charge in [0.25, 0.3) is 5.56 Å². The predicted octanol–water partition coefficient (Wildman–Crippen LogP) is 4.10. The molecule has 2 aliphatic rings. The topological polar surface area (TPSA) is 115 Å². The van der Waals surface area contributed by atoms with Gasteiger partial charge in [-0.15, -0.1) is 0 Å². The summed E-state index contributed by atoms with van der Waals surface area (Å²) >= 11 is 0. The van der Waals surface area contributed by atoms with Gasteiger partial charge in [-0.2, -0.15) is 0 Å². The lowest BCUT2D eigenvalue weighted by molar-refractivity contribution is 0.101. The summed E-state index contributed by atoms with van der Waals surface area (Å²) in [6.07, 6.45) is 12.4. The molecule has 0 bridgehead atoms. The molecular formula is C26H26N4O4S. The van der Waals surface area contributed by atoms with Gasteiger partial charge in [-0.1, -0.05) is 26.0 Å². The number of anilines is 1. The van der Waals surface area contributed by atoms with Crippen molar-refractivity contribution in [2.75, 3.05) is 11.2 Å². The number of sulfone groups is 1. The molecule has 0 amide bonds. The predicted molar refractivity (Wildman–Crippen MR) is 139 cm³/mol. The fourth-order valence-corrected chi connectivity index (χ4v) is 5.49. The number of carbonyl (C=O) groups excluding carboxylic acids is 1. The van der Waals surface area contributed by atoms with Crippen LogP contribution in [-0.4, -0.2) is 36.3 Å².